The van der Waals surface area contributed by atoms with Gasteiger partial charge >= 0.3 is 0 Å². The van der Waals surface area contributed by atoms with Crippen molar-refractivity contribution in [1.82, 2.24) is 4.90 Å². The molecule has 4 bridgehead atoms. The quantitative estimate of drug-likeness (QED) is 0.359. The smallest absolute Gasteiger partial charge is 0.0723 e. The number of aliphatic hydroxyl groups is 1. The Morgan fingerprint density at radius 3 is 2.30 bits per heavy atom. The molecule has 1 heterocycles. The standard InChI is InChI=1S/C29H38N2OS/c1-30(20-28(32)29-17-21-14-22(18-29)16-23(15-21)19-29)12-6-7-13-31-26-10-4-2-8-24(26)25-9-3-5-11-27(25)33-31/h2-5,8-11,21-23,28,32H,6-7,12-20H2,1H3. The highest BCUT2D eigenvalue weighted by atomic mass is 32.2. The van der Waals surface area contributed by atoms with E-state index in [-0.39, 0.29) is 11.5 Å². The molecule has 1 N–H and O–H groups in total. The second-order valence-corrected chi connectivity index (χ2v) is 12.5. The van der Waals surface area contributed by atoms with Gasteiger partial charge < -0.3 is 14.3 Å². The van der Waals surface area contributed by atoms with Crippen LogP contribution in [0.2, 0.25) is 0 Å². The summed E-state index contributed by atoms with van der Waals surface area (Å²) >= 11 is 1.88. The van der Waals surface area contributed by atoms with Crippen LogP contribution in [0.5, 0.6) is 0 Å². The molecule has 0 aromatic heterocycles. The number of hydrogen-bond acceptors (Lipinski definition) is 4. The Morgan fingerprint density at radius 2 is 1.58 bits per heavy atom. The maximum atomic E-state index is 11.3. The Bertz CT molecular complexity index is 956. The molecule has 7 rings (SSSR count). The van der Waals surface area contributed by atoms with Crippen LogP contribution in [0, 0.1) is 23.2 Å². The number of aliphatic hydroxyl groups excluding tert-OH is 1. The normalized spacial score (nSPS) is 30.4. The highest BCUT2D eigenvalue weighted by Gasteiger charge is 2.53. The van der Waals surface area contributed by atoms with E-state index in [1.165, 1.54) is 73.1 Å². The number of likely N-dealkylation sites (N-methyl/N-ethyl adjacent to an activating group) is 1. The lowest BCUT2D eigenvalue weighted by Gasteiger charge is -2.58. The number of fused-ring (bicyclic) bond motifs is 3. The van der Waals surface area contributed by atoms with Gasteiger partial charge in [-0.3, -0.25) is 0 Å². The molecule has 0 amide bonds. The summed E-state index contributed by atoms with van der Waals surface area (Å²) < 4.78 is 2.47. The van der Waals surface area contributed by atoms with Crippen molar-refractivity contribution in [3.05, 3.63) is 48.5 Å². The zero-order valence-corrected chi connectivity index (χ0v) is 20.8. The minimum absolute atomic E-state index is 0.142. The van der Waals surface area contributed by atoms with Crippen LogP contribution in [0.3, 0.4) is 0 Å². The number of hydrogen-bond donors (Lipinski definition) is 1. The van der Waals surface area contributed by atoms with E-state index in [1.807, 2.05) is 11.9 Å². The van der Waals surface area contributed by atoms with Crippen molar-refractivity contribution >= 4 is 17.6 Å². The molecule has 0 radical (unpaired) electrons. The van der Waals surface area contributed by atoms with Gasteiger partial charge in [0, 0.05) is 23.5 Å². The van der Waals surface area contributed by atoms with Crippen LogP contribution in [0.25, 0.3) is 11.1 Å². The molecule has 2 aromatic carbocycles. The van der Waals surface area contributed by atoms with Gasteiger partial charge in [-0.05, 0) is 118 Å². The van der Waals surface area contributed by atoms with Crippen molar-refractivity contribution < 1.29 is 5.11 Å². The van der Waals surface area contributed by atoms with Crippen molar-refractivity contribution in [2.45, 2.75) is 62.4 Å². The van der Waals surface area contributed by atoms with Crippen LogP contribution < -0.4 is 4.31 Å². The molecule has 4 heteroatoms. The Labute approximate surface area is 203 Å². The van der Waals surface area contributed by atoms with E-state index >= 15 is 0 Å². The first-order valence-electron chi connectivity index (χ1n) is 13.1. The molecular weight excluding hydrogens is 424 g/mol. The van der Waals surface area contributed by atoms with E-state index in [2.05, 4.69) is 64.8 Å². The fourth-order valence-electron chi connectivity index (χ4n) is 7.82. The zero-order chi connectivity index (χ0) is 22.4. The van der Waals surface area contributed by atoms with Crippen LogP contribution in [-0.4, -0.2) is 42.8 Å². The van der Waals surface area contributed by atoms with Crippen LogP contribution in [0.15, 0.2) is 53.4 Å². The summed E-state index contributed by atoms with van der Waals surface area (Å²) in [5.41, 5.74) is 4.28. The lowest BCUT2D eigenvalue weighted by molar-refractivity contribution is -0.125. The molecule has 1 atom stereocenters. The molecule has 5 aliphatic rings. The fourth-order valence-corrected chi connectivity index (χ4v) is 8.96. The highest BCUT2D eigenvalue weighted by molar-refractivity contribution is 8.01. The van der Waals surface area contributed by atoms with E-state index in [9.17, 15) is 5.11 Å². The molecule has 2 aromatic rings. The third-order valence-electron chi connectivity index (χ3n) is 8.99. The monoisotopic (exact) mass is 462 g/mol. The van der Waals surface area contributed by atoms with Crippen molar-refractivity contribution in [3.63, 3.8) is 0 Å². The Balaban J connectivity index is 1.01. The van der Waals surface area contributed by atoms with E-state index in [0.29, 0.717) is 0 Å². The zero-order valence-electron chi connectivity index (χ0n) is 20.0. The predicted octanol–water partition coefficient (Wildman–Crippen LogP) is 6.47. The highest BCUT2D eigenvalue weighted by Crippen LogP contribution is 2.61. The second-order valence-electron chi connectivity index (χ2n) is 11.5. The number of anilines is 1. The van der Waals surface area contributed by atoms with Crippen LogP contribution in [0.4, 0.5) is 5.69 Å². The summed E-state index contributed by atoms with van der Waals surface area (Å²) in [5.74, 6) is 2.73. The molecular formula is C29H38N2OS. The lowest BCUT2D eigenvalue weighted by atomic mass is 9.48. The summed E-state index contributed by atoms with van der Waals surface area (Å²) in [6, 6.07) is 17.6. The Morgan fingerprint density at radius 1 is 0.939 bits per heavy atom. The first-order valence-corrected chi connectivity index (χ1v) is 13.9. The minimum atomic E-state index is -0.142. The van der Waals surface area contributed by atoms with Gasteiger partial charge in [0.15, 0.2) is 0 Å². The van der Waals surface area contributed by atoms with Crippen LogP contribution >= 0.6 is 11.9 Å². The average Bonchev–Trinajstić information content (AvgIpc) is 2.81. The van der Waals surface area contributed by atoms with Crippen LogP contribution in [0.1, 0.15) is 51.4 Å². The molecule has 176 valence electrons. The maximum absolute atomic E-state index is 11.3. The molecule has 4 fully saturated rings. The fraction of sp³-hybridized carbons (Fsp3) is 0.586. The van der Waals surface area contributed by atoms with Crippen molar-refractivity contribution in [3.8, 4) is 11.1 Å². The molecule has 0 spiro atoms. The summed E-state index contributed by atoms with van der Waals surface area (Å²) in [7, 11) is 2.21. The van der Waals surface area contributed by atoms with E-state index in [0.717, 1.165) is 37.4 Å². The Kier molecular flexibility index (Phi) is 5.96. The number of benzene rings is 2. The van der Waals surface area contributed by atoms with Gasteiger partial charge in [-0.15, -0.1) is 0 Å². The largest absolute Gasteiger partial charge is 0.391 e. The van der Waals surface area contributed by atoms with Gasteiger partial charge in [0.05, 0.1) is 11.8 Å². The van der Waals surface area contributed by atoms with Gasteiger partial charge in [-0.2, -0.15) is 0 Å². The molecule has 3 nitrogen and oxygen atoms in total. The summed E-state index contributed by atoms with van der Waals surface area (Å²) in [6.45, 7) is 2.97. The number of para-hydroxylation sites is 1. The van der Waals surface area contributed by atoms with Gasteiger partial charge in [0.1, 0.15) is 0 Å². The molecule has 1 aliphatic heterocycles. The van der Waals surface area contributed by atoms with Crippen molar-refractivity contribution in [1.29, 1.82) is 0 Å². The topological polar surface area (TPSA) is 26.7 Å². The SMILES string of the molecule is CN(CCCCN1Sc2ccccc2-c2ccccc21)CC(O)C12CC3CC(CC(C3)C1)C2. The van der Waals surface area contributed by atoms with Crippen molar-refractivity contribution in [2.24, 2.45) is 23.2 Å². The summed E-state index contributed by atoms with van der Waals surface area (Å²) in [6.07, 6.45) is 10.4. The molecule has 0 saturated heterocycles. The molecule has 4 saturated carbocycles. The molecule has 33 heavy (non-hydrogen) atoms. The van der Waals surface area contributed by atoms with E-state index in [1.54, 1.807) is 0 Å². The first kappa shape index (κ1) is 22.0. The lowest BCUT2D eigenvalue weighted by Crippen LogP contribution is -2.54. The van der Waals surface area contributed by atoms with Gasteiger partial charge in [0.2, 0.25) is 0 Å². The van der Waals surface area contributed by atoms with Gasteiger partial charge in [-0.1, -0.05) is 36.4 Å². The Hall–Kier alpha value is -1.49. The minimum Gasteiger partial charge on any atom is -0.391 e. The molecule has 4 aliphatic carbocycles. The number of nitrogens with zero attached hydrogens (tertiary/aromatic N) is 2. The van der Waals surface area contributed by atoms with E-state index < -0.39 is 0 Å². The summed E-state index contributed by atoms with van der Waals surface area (Å²) in [4.78, 5) is 3.75. The predicted molar refractivity (Wildman–Crippen MR) is 138 cm³/mol. The average molecular weight is 463 g/mol. The van der Waals surface area contributed by atoms with Gasteiger partial charge in [0.25, 0.3) is 0 Å². The van der Waals surface area contributed by atoms with Crippen molar-refractivity contribution in [2.75, 3.05) is 31.0 Å². The second kappa shape index (κ2) is 8.94. The first-order chi connectivity index (χ1) is 16.1. The third-order valence-corrected chi connectivity index (χ3v) is 10.1. The summed E-state index contributed by atoms with van der Waals surface area (Å²) in [5, 5.41) is 11.3. The molecule has 1 unspecified atom stereocenters. The van der Waals surface area contributed by atoms with E-state index in [4.69, 9.17) is 0 Å². The number of unbranched alkanes of at least 4 members (excludes halogenated alkanes) is 1. The van der Waals surface area contributed by atoms with Gasteiger partial charge in [-0.25, -0.2) is 0 Å². The maximum Gasteiger partial charge on any atom is 0.0723 e. The number of rotatable bonds is 8. The van der Waals surface area contributed by atoms with Crippen LogP contribution in [-0.2, 0) is 0 Å². The third kappa shape index (κ3) is 4.24.